The van der Waals surface area contributed by atoms with Gasteiger partial charge in [0.05, 0.1) is 31.0 Å². The summed E-state index contributed by atoms with van der Waals surface area (Å²) in [5, 5.41) is 11.7. The highest BCUT2D eigenvalue weighted by Gasteiger charge is 2.46. The van der Waals surface area contributed by atoms with Gasteiger partial charge in [-0.15, -0.1) is 0 Å². The molecule has 1 aliphatic rings. The average molecular weight is 535 g/mol. The summed E-state index contributed by atoms with van der Waals surface area (Å²) in [6, 6.07) is 10.1. The first-order chi connectivity index (χ1) is 18.9. The van der Waals surface area contributed by atoms with E-state index in [9.17, 15) is 14.7 Å². The summed E-state index contributed by atoms with van der Waals surface area (Å²) in [5.74, 6) is -0.509. The average Bonchev–Trinajstić information content (AvgIpc) is 3.41. The quantitative estimate of drug-likeness (QED) is 0.157. The van der Waals surface area contributed by atoms with Gasteiger partial charge in [-0.3, -0.25) is 14.0 Å². The molecule has 1 amide bonds. The lowest BCUT2D eigenvalue weighted by Gasteiger charge is -2.28. The van der Waals surface area contributed by atoms with Crippen LogP contribution in [0.25, 0.3) is 11.4 Å². The maximum absolute atomic E-state index is 13.6. The van der Waals surface area contributed by atoms with Gasteiger partial charge in [-0.05, 0) is 56.3 Å². The Hall–Kier alpha value is -3.85. The number of likely N-dealkylation sites (N-methyl/N-ethyl adjacent to an activating group) is 1. The monoisotopic (exact) mass is 534 g/mol. The Morgan fingerprint density at radius 2 is 1.87 bits per heavy atom. The molecule has 3 aromatic rings. The number of hydrogen-bond donors (Lipinski definition) is 1. The number of methoxy groups -OCH3 is 1. The van der Waals surface area contributed by atoms with E-state index in [1.165, 1.54) is 0 Å². The van der Waals surface area contributed by atoms with Gasteiger partial charge < -0.3 is 24.4 Å². The Labute approximate surface area is 229 Å². The molecule has 1 unspecified atom stereocenters. The third kappa shape index (κ3) is 5.49. The van der Waals surface area contributed by atoms with Crippen molar-refractivity contribution < 1.29 is 24.2 Å². The van der Waals surface area contributed by atoms with Gasteiger partial charge in [0.15, 0.2) is 17.3 Å². The van der Waals surface area contributed by atoms with Gasteiger partial charge in [0.25, 0.3) is 11.7 Å². The van der Waals surface area contributed by atoms with Crippen LogP contribution in [0.1, 0.15) is 56.6 Å². The minimum atomic E-state index is -0.798. The molecular formula is C30H38N4O5. The Bertz CT molecular complexity index is 1370. The number of hydrogen-bond acceptors (Lipinski definition) is 7. The van der Waals surface area contributed by atoms with E-state index in [-0.39, 0.29) is 11.3 Å². The van der Waals surface area contributed by atoms with Crippen LogP contribution in [0.15, 0.2) is 48.2 Å². The topological polar surface area (TPSA) is 96.6 Å². The fourth-order valence-corrected chi connectivity index (χ4v) is 5.07. The number of unbranched alkanes of at least 4 members (excludes halogenated alkanes) is 1. The number of amides is 1. The molecule has 1 saturated heterocycles. The van der Waals surface area contributed by atoms with Crippen LogP contribution in [0.5, 0.6) is 11.5 Å². The minimum absolute atomic E-state index is 0.0370. The van der Waals surface area contributed by atoms with Crippen molar-refractivity contribution in [3.63, 3.8) is 0 Å². The third-order valence-corrected chi connectivity index (χ3v) is 7.28. The van der Waals surface area contributed by atoms with E-state index >= 15 is 0 Å². The Balaban J connectivity index is 1.86. The molecule has 1 fully saturated rings. The summed E-state index contributed by atoms with van der Waals surface area (Å²) in [7, 11) is 1.56. The highest BCUT2D eigenvalue weighted by Crippen LogP contribution is 2.42. The molecule has 0 bridgehead atoms. The van der Waals surface area contributed by atoms with E-state index in [4.69, 9.17) is 9.47 Å². The molecule has 0 spiro atoms. The van der Waals surface area contributed by atoms with Gasteiger partial charge in [-0.25, -0.2) is 4.98 Å². The lowest BCUT2D eigenvalue weighted by molar-refractivity contribution is -0.140. The number of imidazole rings is 1. The van der Waals surface area contributed by atoms with Crippen molar-refractivity contribution in [2.75, 3.05) is 39.9 Å². The molecule has 1 aromatic carbocycles. The zero-order valence-electron chi connectivity index (χ0n) is 23.4. The fourth-order valence-electron chi connectivity index (χ4n) is 5.07. The van der Waals surface area contributed by atoms with Crippen LogP contribution in [-0.4, -0.2) is 75.9 Å². The zero-order chi connectivity index (χ0) is 28.1. The van der Waals surface area contributed by atoms with E-state index in [1.54, 1.807) is 41.7 Å². The van der Waals surface area contributed by atoms with Gasteiger partial charge in [-0.1, -0.05) is 39.3 Å². The highest BCUT2D eigenvalue weighted by molar-refractivity contribution is 6.46. The van der Waals surface area contributed by atoms with Crippen LogP contribution in [0.3, 0.4) is 0 Å². The second-order valence-electron chi connectivity index (χ2n) is 9.61. The number of pyridine rings is 1. The van der Waals surface area contributed by atoms with Gasteiger partial charge in [-0.2, -0.15) is 0 Å². The second kappa shape index (κ2) is 12.3. The summed E-state index contributed by atoms with van der Waals surface area (Å²) in [6.45, 7) is 11.1. The van der Waals surface area contributed by atoms with Crippen LogP contribution in [0, 0.1) is 6.92 Å². The van der Waals surface area contributed by atoms with Crippen molar-refractivity contribution in [3.05, 3.63) is 65.1 Å². The van der Waals surface area contributed by atoms with E-state index in [0.717, 1.165) is 25.9 Å². The first-order valence-corrected chi connectivity index (χ1v) is 13.6. The predicted octanol–water partition coefficient (Wildman–Crippen LogP) is 4.59. The molecule has 9 nitrogen and oxygen atoms in total. The van der Waals surface area contributed by atoms with Crippen molar-refractivity contribution in [2.45, 2.75) is 46.6 Å². The van der Waals surface area contributed by atoms with Crippen molar-refractivity contribution >= 4 is 23.1 Å². The number of ether oxygens (including phenoxy) is 2. The van der Waals surface area contributed by atoms with Crippen molar-refractivity contribution in [2.24, 2.45) is 0 Å². The zero-order valence-corrected chi connectivity index (χ0v) is 23.4. The molecular weight excluding hydrogens is 496 g/mol. The number of aryl methyl sites for hydroxylation is 1. The van der Waals surface area contributed by atoms with Crippen molar-refractivity contribution in [1.82, 2.24) is 19.2 Å². The number of fused-ring (bicyclic) bond motifs is 1. The Kier molecular flexibility index (Phi) is 8.91. The maximum atomic E-state index is 13.6. The first-order valence-electron chi connectivity index (χ1n) is 13.6. The molecule has 1 aliphatic heterocycles. The second-order valence-corrected chi connectivity index (χ2v) is 9.61. The molecule has 9 heteroatoms. The van der Waals surface area contributed by atoms with Crippen molar-refractivity contribution in [3.8, 4) is 11.5 Å². The minimum Gasteiger partial charge on any atom is -0.505 e. The summed E-state index contributed by atoms with van der Waals surface area (Å²) in [6.07, 6.45) is 3.70. The summed E-state index contributed by atoms with van der Waals surface area (Å²) in [4.78, 5) is 35.3. The number of aliphatic hydroxyl groups is 1. The number of carbonyl (C=O) groups excluding carboxylic acids is 2. The van der Waals surface area contributed by atoms with Gasteiger partial charge in [0.2, 0.25) is 0 Å². The van der Waals surface area contributed by atoms with E-state index in [0.29, 0.717) is 53.8 Å². The smallest absolute Gasteiger partial charge is 0.295 e. The number of benzene rings is 1. The molecule has 1 N–H and O–H groups in total. The number of aromatic nitrogens is 2. The maximum Gasteiger partial charge on any atom is 0.295 e. The number of Topliss-reactive ketones (excluding diaryl/α,β-unsaturated/α-hetero) is 1. The fraction of sp³-hybridized carbons (Fsp3) is 0.433. The number of aliphatic hydroxyl groups excluding tert-OH is 1. The van der Waals surface area contributed by atoms with Crippen LogP contribution in [0.4, 0.5) is 0 Å². The number of rotatable bonds is 12. The molecule has 0 radical (unpaired) electrons. The van der Waals surface area contributed by atoms with Gasteiger partial charge >= 0.3 is 0 Å². The van der Waals surface area contributed by atoms with Crippen molar-refractivity contribution in [1.29, 1.82) is 0 Å². The molecule has 0 aliphatic carbocycles. The van der Waals surface area contributed by atoms with Crippen LogP contribution in [-0.2, 0) is 9.59 Å². The number of ketones is 1. The number of carbonyl (C=O) groups is 2. The Morgan fingerprint density at radius 1 is 1.10 bits per heavy atom. The van der Waals surface area contributed by atoms with E-state index in [1.807, 2.05) is 24.3 Å². The van der Waals surface area contributed by atoms with Crippen LogP contribution >= 0.6 is 0 Å². The van der Waals surface area contributed by atoms with E-state index in [2.05, 4.69) is 30.7 Å². The summed E-state index contributed by atoms with van der Waals surface area (Å²) >= 11 is 0. The standard InChI is InChI=1S/C30H38N4O5/c1-6-9-18-39-22-14-13-21(19-23(22)38-5)27-25(29(36)30(37)34(27)17-16-32(7-2)8-3)28(35)26-20(4)31-24-12-10-11-15-33(24)26/h10-15,19,27,35H,6-9,16-18H2,1-5H3. The largest absolute Gasteiger partial charge is 0.505 e. The molecule has 208 valence electrons. The lowest BCUT2D eigenvalue weighted by Crippen LogP contribution is -2.38. The molecule has 39 heavy (non-hydrogen) atoms. The van der Waals surface area contributed by atoms with Gasteiger partial charge in [0, 0.05) is 19.3 Å². The highest BCUT2D eigenvalue weighted by atomic mass is 16.5. The molecule has 0 saturated carbocycles. The van der Waals surface area contributed by atoms with E-state index < -0.39 is 17.7 Å². The predicted molar refractivity (Wildman–Crippen MR) is 150 cm³/mol. The molecule has 1 atom stereocenters. The van der Waals surface area contributed by atoms with Crippen LogP contribution < -0.4 is 9.47 Å². The number of likely N-dealkylation sites (tertiary alicyclic amines) is 1. The summed E-state index contributed by atoms with van der Waals surface area (Å²) < 4.78 is 13.3. The number of nitrogens with zero attached hydrogens (tertiary/aromatic N) is 4. The molecule has 3 heterocycles. The van der Waals surface area contributed by atoms with Crippen LogP contribution in [0.2, 0.25) is 0 Å². The molecule has 2 aromatic heterocycles. The summed E-state index contributed by atoms with van der Waals surface area (Å²) in [5.41, 5.74) is 2.28. The third-order valence-electron chi connectivity index (χ3n) is 7.28. The SMILES string of the molecule is CCCCOc1ccc(C2C(=C(O)c3c(C)nc4ccccn34)C(=O)C(=O)N2CCN(CC)CC)cc1OC. The van der Waals surface area contributed by atoms with Gasteiger partial charge in [0.1, 0.15) is 11.3 Å². The first kappa shape index (κ1) is 28.2. The molecule has 4 rings (SSSR count). The lowest BCUT2D eigenvalue weighted by atomic mass is 9.96. The normalized spacial score (nSPS) is 17.0. The Morgan fingerprint density at radius 3 is 2.56 bits per heavy atom.